The summed E-state index contributed by atoms with van der Waals surface area (Å²) in [5, 5.41) is 4.86. The molecular formula is C14H21Cl2N. The highest BCUT2D eigenvalue weighted by atomic mass is 35.5. The highest BCUT2D eigenvalue weighted by Gasteiger charge is 2.13. The van der Waals surface area contributed by atoms with E-state index < -0.39 is 0 Å². The molecule has 0 radical (unpaired) electrons. The molecule has 2 atom stereocenters. The van der Waals surface area contributed by atoms with Gasteiger partial charge in [0.05, 0.1) is 15.7 Å². The summed E-state index contributed by atoms with van der Waals surface area (Å²) >= 11 is 12.3. The lowest BCUT2D eigenvalue weighted by molar-refractivity contribution is 0.462. The molecule has 1 nitrogen and oxygen atoms in total. The first-order chi connectivity index (χ1) is 8.08. The summed E-state index contributed by atoms with van der Waals surface area (Å²) in [4.78, 5) is 0. The number of para-hydroxylation sites is 1. The largest absolute Gasteiger partial charge is 0.380 e. The van der Waals surface area contributed by atoms with Gasteiger partial charge in [0.25, 0.3) is 0 Å². The number of hydrogen-bond acceptors (Lipinski definition) is 1. The lowest BCUT2D eigenvalue weighted by Gasteiger charge is -2.22. The third kappa shape index (κ3) is 4.40. The second kappa shape index (κ2) is 7.13. The van der Waals surface area contributed by atoms with Crippen molar-refractivity contribution in [2.24, 2.45) is 5.92 Å². The van der Waals surface area contributed by atoms with Crippen LogP contribution in [0.25, 0.3) is 0 Å². The zero-order chi connectivity index (χ0) is 12.8. The Labute approximate surface area is 115 Å². The maximum Gasteiger partial charge on any atom is 0.0721 e. The second-order valence-corrected chi connectivity index (χ2v) is 5.41. The first-order valence-corrected chi connectivity index (χ1v) is 7.04. The monoisotopic (exact) mass is 273 g/mol. The van der Waals surface area contributed by atoms with Crippen LogP contribution in [0.3, 0.4) is 0 Å². The third-order valence-electron chi connectivity index (χ3n) is 3.19. The van der Waals surface area contributed by atoms with Crippen molar-refractivity contribution in [3.63, 3.8) is 0 Å². The molecule has 0 bridgehead atoms. The average molecular weight is 274 g/mol. The molecule has 0 fully saturated rings. The number of rotatable bonds is 6. The topological polar surface area (TPSA) is 12.0 Å². The fourth-order valence-electron chi connectivity index (χ4n) is 1.82. The molecule has 1 aromatic rings. The van der Waals surface area contributed by atoms with Crippen molar-refractivity contribution in [1.82, 2.24) is 0 Å². The van der Waals surface area contributed by atoms with Gasteiger partial charge in [0.15, 0.2) is 0 Å². The number of nitrogens with one attached hydrogen (secondary N) is 1. The van der Waals surface area contributed by atoms with E-state index in [0.29, 0.717) is 22.0 Å². The summed E-state index contributed by atoms with van der Waals surface area (Å²) < 4.78 is 0. The third-order valence-corrected chi connectivity index (χ3v) is 3.82. The van der Waals surface area contributed by atoms with Crippen LogP contribution >= 0.6 is 23.2 Å². The second-order valence-electron chi connectivity index (χ2n) is 4.60. The van der Waals surface area contributed by atoms with Crippen molar-refractivity contribution in [2.45, 2.75) is 46.1 Å². The Kier molecular flexibility index (Phi) is 6.15. The van der Waals surface area contributed by atoms with Crippen molar-refractivity contribution < 1.29 is 0 Å². The van der Waals surface area contributed by atoms with E-state index in [1.807, 2.05) is 18.2 Å². The van der Waals surface area contributed by atoms with Gasteiger partial charge in [-0.05, 0) is 30.9 Å². The molecule has 0 aliphatic heterocycles. The lowest BCUT2D eigenvalue weighted by atomic mass is 9.97. The van der Waals surface area contributed by atoms with E-state index in [1.165, 1.54) is 6.42 Å². The fourth-order valence-corrected chi connectivity index (χ4v) is 2.33. The van der Waals surface area contributed by atoms with Crippen molar-refractivity contribution in [3.05, 3.63) is 28.2 Å². The Morgan fingerprint density at radius 1 is 1.12 bits per heavy atom. The molecule has 17 heavy (non-hydrogen) atoms. The molecule has 0 saturated heterocycles. The molecule has 96 valence electrons. The zero-order valence-corrected chi connectivity index (χ0v) is 12.3. The van der Waals surface area contributed by atoms with Crippen molar-refractivity contribution >= 4 is 28.9 Å². The van der Waals surface area contributed by atoms with E-state index in [-0.39, 0.29) is 0 Å². The maximum absolute atomic E-state index is 6.15. The SMILES string of the molecule is CCC(C)CC(CC)Nc1c(Cl)cccc1Cl. The van der Waals surface area contributed by atoms with Crippen LogP contribution in [-0.2, 0) is 0 Å². The molecule has 0 aromatic heterocycles. The van der Waals surface area contributed by atoms with E-state index in [0.717, 1.165) is 18.5 Å². The highest BCUT2D eigenvalue weighted by molar-refractivity contribution is 6.39. The van der Waals surface area contributed by atoms with E-state index >= 15 is 0 Å². The van der Waals surface area contributed by atoms with Gasteiger partial charge in [0.2, 0.25) is 0 Å². The van der Waals surface area contributed by atoms with Crippen LogP contribution in [0.5, 0.6) is 0 Å². The van der Waals surface area contributed by atoms with Crippen LogP contribution in [0.2, 0.25) is 10.0 Å². The lowest BCUT2D eigenvalue weighted by Crippen LogP contribution is -2.21. The molecule has 0 aliphatic rings. The van der Waals surface area contributed by atoms with Crippen LogP contribution in [-0.4, -0.2) is 6.04 Å². The number of hydrogen-bond donors (Lipinski definition) is 1. The molecule has 0 spiro atoms. The average Bonchev–Trinajstić information content (AvgIpc) is 2.32. The number of halogens is 2. The molecule has 0 aliphatic carbocycles. The molecule has 1 aromatic carbocycles. The molecule has 0 amide bonds. The highest BCUT2D eigenvalue weighted by Crippen LogP contribution is 2.31. The quantitative estimate of drug-likeness (QED) is 0.709. The summed E-state index contributed by atoms with van der Waals surface area (Å²) in [7, 11) is 0. The van der Waals surface area contributed by atoms with Gasteiger partial charge < -0.3 is 5.32 Å². The van der Waals surface area contributed by atoms with Gasteiger partial charge in [-0.25, -0.2) is 0 Å². The number of anilines is 1. The van der Waals surface area contributed by atoms with Gasteiger partial charge in [-0.1, -0.05) is 56.5 Å². The van der Waals surface area contributed by atoms with Crippen LogP contribution in [0.4, 0.5) is 5.69 Å². The molecule has 1 rings (SSSR count). The van der Waals surface area contributed by atoms with Crippen LogP contribution in [0, 0.1) is 5.92 Å². The van der Waals surface area contributed by atoms with Crippen LogP contribution in [0.15, 0.2) is 18.2 Å². The van der Waals surface area contributed by atoms with E-state index in [4.69, 9.17) is 23.2 Å². The summed E-state index contributed by atoms with van der Waals surface area (Å²) in [5.41, 5.74) is 0.867. The van der Waals surface area contributed by atoms with Crippen molar-refractivity contribution in [1.29, 1.82) is 0 Å². The Morgan fingerprint density at radius 3 is 2.18 bits per heavy atom. The standard InChI is InChI=1S/C14H21Cl2N/c1-4-10(3)9-11(5-2)17-14-12(15)7-6-8-13(14)16/h6-8,10-11,17H,4-5,9H2,1-3H3. The summed E-state index contributed by atoms with van der Waals surface area (Å²) in [6, 6.07) is 6.03. The minimum absolute atomic E-state index is 0.433. The predicted molar refractivity (Wildman–Crippen MR) is 78.2 cm³/mol. The van der Waals surface area contributed by atoms with Gasteiger partial charge in [0, 0.05) is 6.04 Å². The molecule has 0 heterocycles. The van der Waals surface area contributed by atoms with Gasteiger partial charge in [0.1, 0.15) is 0 Å². The minimum Gasteiger partial charge on any atom is -0.380 e. The first-order valence-electron chi connectivity index (χ1n) is 6.29. The normalized spacial score (nSPS) is 14.4. The number of benzene rings is 1. The first kappa shape index (κ1) is 14.7. The molecule has 2 unspecified atom stereocenters. The Balaban J connectivity index is 2.73. The van der Waals surface area contributed by atoms with Crippen LogP contribution < -0.4 is 5.32 Å². The summed E-state index contributed by atoms with van der Waals surface area (Å²) in [6.07, 6.45) is 3.43. The zero-order valence-electron chi connectivity index (χ0n) is 10.8. The maximum atomic E-state index is 6.15. The summed E-state index contributed by atoms with van der Waals surface area (Å²) in [6.45, 7) is 6.68. The molecule has 3 heteroatoms. The van der Waals surface area contributed by atoms with Crippen molar-refractivity contribution in [2.75, 3.05) is 5.32 Å². The molecule has 1 N–H and O–H groups in total. The summed E-state index contributed by atoms with van der Waals surface area (Å²) in [5.74, 6) is 0.716. The van der Waals surface area contributed by atoms with Gasteiger partial charge in [-0.2, -0.15) is 0 Å². The Hall–Kier alpha value is -0.400. The minimum atomic E-state index is 0.433. The Morgan fingerprint density at radius 2 is 1.71 bits per heavy atom. The Bertz CT molecular complexity index is 332. The van der Waals surface area contributed by atoms with Gasteiger partial charge in [-0.15, -0.1) is 0 Å². The van der Waals surface area contributed by atoms with Crippen molar-refractivity contribution in [3.8, 4) is 0 Å². The fraction of sp³-hybridized carbons (Fsp3) is 0.571. The van der Waals surface area contributed by atoms with E-state index in [1.54, 1.807) is 0 Å². The van der Waals surface area contributed by atoms with E-state index in [9.17, 15) is 0 Å². The smallest absolute Gasteiger partial charge is 0.0721 e. The van der Waals surface area contributed by atoms with Gasteiger partial charge in [-0.3, -0.25) is 0 Å². The van der Waals surface area contributed by atoms with Gasteiger partial charge >= 0.3 is 0 Å². The predicted octanol–water partition coefficient (Wildman–Crippen LogP) is 5.62. The molecular weight excluding hydrogens is 253 g/mol. The molecule has 0 saturated carbocycles. The van der Waals surface area contributed by atoms with Crippen LogP contribution in [0.1, 0.15) is 40.0 Å². The van der Waals surface area contributed by atoms with E-state index in [2.05, 4.69) is 26.1 Å².